The molecule has 1 aliphatic rings. The first-order valence-corrected chi connectivity index (χ1v) is 10.2. The summed E-state index contributed by atoms with van der Waals surface area (Å²) in [5.74, 6) is 0. The van der Waals surface area contributed by atoms with Gasteiger partial charge in [0.15, 0.2) is 0 Å². The van der Waals surface area contributed by atoms with Gasteiger partial charge in [0.25, 0.3) is 10.1 Å². The van der Waals surface area contributed by atoms with Gasteiger partial charge in [-0.25, -0.2) is 4.79 Å². The Morgan fingerprint density at radius 3 is 2.44 bits per heavy atom. The van der Waals surface area contributed by atoms with Crippen LogP contribution in [0, 0.1) is 6.92 Å². The van der Waals surface area contributed by atoms with Crippen molar-refractivity contribution in [1.82, 2.24) is 5.32 Å². The van der Waals surface area contributed by atoms with Gasteiger partial charge in [0.1, 0.15) is 12.1 Å². The van der Waals surface area contributed by atoms with E-state index in [1.807, 2.05) is 6.92 Å². The maximum atomic E-state index is 12.5. The van der Waals surface area contributed by atoms with Crippen LogP contribution in [0.3, 0.4) is 0 Å². The molecule has 0 radical (unpaired) electrons. The van der Waals surface area contributed by atoms with Crippen LogP contribution in [0.1, 0.15) is 11.1 Å². The van der Waals surface area contributed by atoms with Crippen LogP contribution in [0.4, 0.5) is 4.79 Å². The van der Waals surface area contributed by atoms with E-state index in [4.69, 9.17) is 32.1 Å². The summed E-state index contributed by atoms with van der Waals surface area (Å²) in [6, 6.07) is 11.3. The van der Waals surface area contributed by atoms with E-state index in [-0.39, 0.29) is 24.5 Å². The van der Waals surface area contributed by atoms with Crippen molar-refractivity contribution in [3.63, 3.8) is 0 Å². The van der Waals surface area contributed by atoms with Crippen molar-refractivity contribution in [3.05, 3.63) is 63.6 Å². The summed E-state index contributed by atoms with van der Waals surface area (Å²) in [5.41, 5.74) is 0.652. The van der Waals surface area contributed by atoms with Crippen molar-refractivity contribution in [3.8, 4) is 0 Å². The van der Waals surface area contributed by atoms with Gasteiger partial charge < -0.3 is 10.1 Å². The van der Waals surface area contributed by atoms with E-state index in [9.17, 15) is 13.2 Å². The number of nitrogens with one attached hydrogen (secondary N) is 1. The standard InChI is InChI=1S/C18H17Cl2NO5S/c1-12-2-5-14(6-3-12)27(23,24)26-11-18(10-25-17(22)21-18)9-13-4-7-15(19)16(20)8-13/h2-8H,9-11H2,1H3,(H,21,22)/t18-/m0/s1. The number of halogens is 2. The molecule has 0 saturated carbocycles. The number of ether oxygens (including phenoxy) is 1. The molecule has 3 rings (SSSR count). The fourth-order valence-electron chi connectivity index (χ4n) is 2.72. The number of cyclic esters (lactones) is 1. The number of alkyl carbamates (subject to hydrolysis) is 1. The molecule has 0 unspecified atom stereocenters. The van der Waals surface area contributed by atoms with E-state index < -0.39 is 21.8 Å². The highest BCUT2D eigenvalue weighted by Crippen LogP contribution is 2.27. The molecule has 27 heavy (non-hydrogen) atoms. The summed E-state index contributed by atoms with van der Waals surface area (Å²) in [6.45, 7) is 1.54. The van der Waals surface area contributed by atoms with Gasteiger partial charge in [0, 0.05) is 6.42 Å². The minimum Gasteiger partial charge on any atom is -0.447 e. The second-order valence-electron chi connectivity index (χ2n) is 6.44. The zero-order valence-electron chi connectivity index (χ0n) is 14.4. The molecular weight excluding hydrogens is 413 g/mol. The highest BCUT2D eigenvalue weighted by Gasteiger charge is 2.41. The van der Waals surface area contributed by atoms with E-state index in [2.05, 4.69) is 5.32 Å². The van der Waals surface area contributed by atoms with Crippen molar-refractivity contribution < 1.29 is 22.1 Å². The maximum absolute atomic E-state index is 12.5. The lowest BCUT2D eigenvalue weighted by molar-refractivity contribution is 0.156. The normalized spacial score (nSPS) is 19.6. The summed E-state index contributed by atoms with van der Waals surface area (Å²) in [5, 5.41) is 3.42. The third kappa shape index (κ3) is 4.73. The van der Waals surface area contributed by atoms with Gasteiger partial charge in [0.2, 0.25) is 0 Å². The SMILES string of the molecule is Cc1ccc(S(=O)(=O)OC[C@]2(Cc3ccc(Cl)c(Cl)c3)COC(=O)N2)cc1. The van der Waals surface area contributed by atoms with Crippen LogP contribution in [-0.2, 0) is 25.5 Å². The van der Waals surface area contributed by atoms with Crippen molar-refractivity contribution in [1.29, 1.82) is 0 Å². The Balaban J connectivity index is 1.79. The highest BCUT2D eigenvalue weighted by molar-refractivity contribution is 7.86. The van der Waals surface area contributed by atoms with Crippen molar-refractivity contribution in [2.75, 3.05) is 13.2 Å². The third-order valence-corrected chi connectivity index (χ3v) is 6.19. The van der Waals surface area contributed by atoms with Crippen LogP contribution in [-0.4, -0.2) is 33.3 Å². The first-order valence-electron chi connectivity index (χ1n) is 8.04. The van der Waals surface area contributed by atoms with Crippen LogP contribution in [0.5, 0.6) is 0 Å². The molecule has 1 fully saturated rings. The number of benzene rings is 2. The van der Waals surface area contributed by atoms with Gasteiger partial charge in [-0.05, 0) is 36.8 Å². The van der Waals surface area contributed by atoms with Crippen LogP contribution in [0.2, 0.25) is 10.0 Å². The second kappa shape index (κ2) is 7.67. The van der Waals surface area contributed by atoms with Gasteiger partial charge in [-0.1, -0.05) is 47.0 Å². The molecule has 1 aliphatic heterocycles. The van der Waals surface area contributed by atoms with E-state index >= 15 is 0 Å². The Bertz CT molecular complexity index is 962. The molecule has 0 bridgehead atoms. The Morgan fingerprint density at radius 1 is 1.15 bits per heavy atom. The molecule has 1 heterocycles. The van der Waals surface area contributed by atoms with E-state index in [1.54, 1.807) is 30.3 Å². The molecule has 2 aromatic rings. The zero-order chi connectivity index (χ0) is 19.7. The fraction of sp³-hybridized carbons (Fsp3) is 0.278. The lowest BCUT2D eigenvalue weighted by Gasteiger charge is -2.26. The van der Waals surface area contributed by atoms with E-state index in [0.29, 0.717) is 10.0 Å². The largest absolute Gasteiger partial charge is 0.447 e. The van der Waals surface area contributed by atoms with E-state index in [1.165, 1.54) is 12.1 Å². The van der Waals surface area contributed by atoms with Crippen molar-refractivity contribution in [2.45, 2.75) is 23.8 Å². The maximum Gasteiger partial charge on any atom is 0.407 e. The predicted molar refractivity (Wildman–Crippen MR) is 102 cm³/mol. The number of aryl methyl sites for hydroxylation is 1. The van der Waals surface area contributed by atoms with E-state index in [0.717, 1.165) is 11.1 Å². The van der Waals surface area contributed by atoms with Crippen LogP contribution < -0.4 is 5.32 Å². The minimum absolute atomic E-state index is 0.0322. The number of amides is 1. The molecule has 1 atom stereocenters. The van der Waals surface area contributed by atoms with Gasteiger partial charge in [-0.2, -0.15) is 8.42 Å². The Morgan fingerprint density at radius 2 is 1.85 bits per heavy atom. The minimum atomic E-state index is -3.98. The Hall–Kier alpha value is -1.80. The molecule has 1 N–H and O–H groups in total. The smallest absolute Gasteiger partial charge is 0.407 e. The molecule has 6 nitrogen and oxygen atoms in total. The van der Waals surface area contributed by atoms with Gasteiger partial charge in [-0.3, -0.25) is 4.18 Å². The first kappa shape index (κ1) is 19.9. The van der Waals surface area contributed by atoms with Crippen LogP contribution in [0.25, 0.3) is 0 Å². The Labute approximate surface area is 167 Å². The summed E-state index contributed by atoms with van der Waals surface area (Å²) in [4.78, 5) is 11.7. The zero-order valence-corrected chi connectivity index (χ0v) is 16.7. The average Bonchev–Trinajstić information content (AvgIpc) is 2.98. The fourth-order valence-corrected chi connectivity index (χ4v) is 4.03. The molecule has 1 saturated heterocycles. The molecule has 0 spiro atoms. The first-order chi connectivity index (χ1) is 12.7. The number of hydrogen-bond donors (Lipinski definition) is 1. The van der Waals surface area contributed by atoms with Crippen LogP contribution >= 0.6 is 23.2 Å². The average molecular weight is 430 g/mol. The lowest BCUT2D eigenvalue weighted by Crippen LogP contribution is -2.50. The molecule has 0 aromatic heterocycles. The monoisotopic (exact) mass is 429 g/mol. The lowest BCUT2D eigenvalue weighted by atomic mass is 9.93. The quantitative estimate of drug-likeness (QED) is 0.707. The van der Waals surface area contributed by atoms with Crippen molar-refractivity contribution in [2.24, 2.45) is 0 Å². The summed E-state index contributed by atoms with van der Waals surface area (Å²) in [6.07, 6.45) is -0.370. The van der Waals surface area contributed by atoms with Gasteiger partial charge >= 0.3 is 6.09 Å². The number of carbonyl (C=O) groups is 1. The topological polar surface area (TPSA) is 81.7 Å². The number of hydrogen-bond acceptors (Lipinski definition) is 5. The molecule has 1 amide bonds. The van der Waals surface area contributed by atoms with Crippen molar-refractivity contribution >= 4 is 39.4 Å². The van der Waals surface area contributed by atoms with Gasteiger partial charge in [-0.15, -0.1) is 0 Å². The molecule has 0 aliphatic carbocycles. The summed E-state index contributed by atoms with van der Waals surface area (Å²) in [7, 11) is -3.98. The van der Waals surface area contributed by atoms with Crippen LogP contribution in [0.15, 0.2) is 47.4 Å². The second-order valence-corrected chi connectivity index (χ2v) is 8.87. The molecule has 144 valence electrons. The molecule has 2 aromatic carbocycles. The Kier molecular flexibility index (Phi) is 5.67. The predicted octanol–water partition coefficient (Wildman–Crippen LogP) is 3.73. The van der Waals surface area contributed by atoms with Gasteiger partial charge in [0.05, 0.1) is 21.5 Å². The number of rotatable bonds is 6. The summed E-state index contributed by atoms with van der Waals surface area (Å²) < 4.78 is 35.2. The number of carbonyl (C=O) groups excluding carboxylic acids is 1. The molecular formula is C18H17Cl2NO5S. The summed E-state index contributed by atoms with van der Waals surface area (Å²) >= 11 is 12.0. The third-order valence-electron chi connectivity index (χ3n) is 4.17. The highest BCUT2D eigenvalue weighted by atomic mass is 35.5. The molecule has 9 heteroatoms.